The summed E-state index contributed by atoms with van der Waals surface area (Å²) < 4.78 is 11.6. The first-order valence-corrected chi connectivity index (χ1v) is 7.51. The van der Waals surface area contributed by atoms with Crippen molar-refractivity contribution in [3.05, 3.63) is 42.4 Å². The Morgan fingerprint density at radius 1 is 0.955 bits per heavy atom. The third-order valence-corrected chi connectivity index (χ3v) is 3.66. The molecule has 0 amide bonds. The highest BCUT2D eigenvalue weighted by molar-refractivity contribution is 5.37. The van der Waals surface area contributed by atoms with Crippen molar-refractivity contribution in [1.82, 2.24) is 9.97 Å². The van der Waals surface area contributed by atoms with Crippen LogP contribution in [0.15, 0.2) is 36.7 Å². The lowest BCUT2D eigenvalue weighted by molar-refractivity contribution is 0.155. The van der Waals surface area contributed by atoms with Gasteiger partial charge >= 0.3 is 0 Å². The molecule has 3 rings (SSSR count). The summed E-state index contributed by atoms with van der Waals surface area (Å²) in [7, 11) is 0. The number of benzene rings is 1. The van der Waals surface area contributed by atoms with Crippen LogP contribution in [0, 0.1) is 11.3 Å². The van der Waals surface area contributed by atoms with Crippen molar-refractivity contribution >= 4 is 0 Å². The number of rotatable bonds is 4. The summed E-state index contributed by atoms with van der Waals surface area (Å²) in [5.41, 5.74) is 0.171. The zero-order valence-corrected chi connectivity index (χ0v) is 12.2. The van der Waals surface area contributed by atoms with Crippen LogP contribution in [0.3, 0.4) is 0 Å². The second-order valence-electron chi connectivity index (χ2n) is 5.27. The van der Waals surface area contributed by atoms with Crippen molar-refractivity contribution in [2.75, 3.05) is 0 Å². The third kappa shape index (κ3) is 3.53. The molecule has 0 saturated heterocycles. The predicted molar refractivity (Wildman–Crippen MR) is 80.8 cm³/mol. The summed E-state index contributed by atoms with van der Waals surface area (Å²) in [6, 6.07) is 9.35. The number of aromatic nitrogens is 2. The van der Waals surface area contributed by atoms with E-state index in [-0.39, 0.29) is 11.6 Å². The monoisotopic (exact) mass is 295 g/mol. The third-order valence-electron chi connectivity index (χ3n) is 3.66. The van der Waals surface area contributed by atoms with Crippen LogP contribution < -0.4 is 9.47 Å². The maximum Gasteiger partial charge on any atom is 0.256 e. The van der Waals surface area contributed by atoms with Crippen LogP contribution in [-0.4, -0.2) is 16.1 Å². The van der Waals surface area contributed by atoms with Crippen molar-refractivity contribution in [3.63, 3.8) is 0 Å². The Morgan fingerprint density at radius 2 is 1.64 bits per heavy atom. The average Bonchev–Trinajstić information content (AvgIpc) is 2.58. The summed E-state index contributed by atoms with van der Waals surface area (Å²) in [5.74, 6) is 1.66. The molecule has 112 valence electrons. The van der Waals surface area contributed by atoms with Gasteiger partial charge < -0.3 is 9.47 Å². The van der Waals surface area contributed by atoms with Gasteiger partial charge in [0.1, 0.15) is 17.6 Å². The fraction of sp³-hybridized carbons (Fsp3) is 0.353. The minimum Gasteiger partial charge on any atom is -0.490 e. The number of nitrogens with zero attached hydrogens (tertiary/aromatic N) is 3. The molecule has 0 spiro atoms. The average molecular weight is 295 g/mol. The number of ether oxygens (including phenoxy) is 2. The van der Waals surface area contributed by atoms with Gasteiger partial charge in [-0.3, -0.25) is 0 Å². The molecule has 1 heterocycles. The van der Waals surface area contributed by atoms with Crippen LogP contribution in [0.5, 0.6) is 17.4 Å². The number of hydrogen-bond donors (Lipinski definition) is 0. The molecule has 5 heteroatoms. The molecule has 0 radical (unpaired) electrons. The number of hydrogen-bond acceptors (Lipinski definition) is 5. The van der Waals surface area contributed by atoms with Crippen LogP contribution in [0.1, 0.15) is 37.8 Å². The minimum absolute atomic E-state index is 0.171. The van der Waals surface area contributed by atoms with Crippen molar-refractivity contribution < 1.29 is 9.47 Å². The highest BCUT2D eigenvalue weighted by Crippen LogP contribution is 2.27. The van der Waals surface area contributed by atoms with Crippen LogP contribution in [0.2, 0.25) is 0 Å². The van der Waals surface area contributed by atoms with Gasteiger partial charge in [0, 0.05) is 12.4 Å². The molecule has 1 aromatic carbocycles. The van der Waals surface area contributed by atoms with Gasteiger partial charge in [-0.1, -0.05) is 6.42 Å². The molecule has 0 bridgehead atoms. The predicted octanol–water partition coefficient (Wildman–Crippen LogP) is 3.85. The second kappa shape index (κ2) is 6.90. The van der Waals surface area contributed by atoms with Crippen LogP contribution in [0.4, 0.5) is 0 Å². The summed E-state index contributed by atoms with van der Waals surface area (Å²) in [6.07, 6.45) is 9.35. The second-order valence-corrected chi connectivity index (χ2v) is 5.27. The molecular formula is C17H17N3O2. The van der Waals surface area contributed by atoms with Gasteiger partial charge in [0.05, 0.1) is 6.10 Å². The van der Waals surface area contributed by atoms with E-state index in [1.165, 1.54) is 31.7 Å². The highest BCUT2D eigenvalue weighted by Gasteiger charge is 2.14. The van der Waals surface area contributed by atoms with Crippen molar-refractivity contribution in [2.24, 2.45) is 0 Å². The Labute approximate surface area is 129 Å². The van der Waals surface area contributed by atoms with E-state index in [0.717, 1.165) is 18.6 Å². The van der Waals surface area contributed by atoms with Crippen molar-refractivity contribution in [1.29, 1.82) is 5.26 Å². The van der Waals surface area contributed by atoms with E-state index in [4.69, 9.17) is 14.7 Å². The van der Waals surface area contributed by atoms with E-state index >= 15 is 0 Å². The smallest absolute Gasteiger partial charge is 0.256 e. The largest absolute Gasteiger partial charge is 0.490 e. The van der Waals surface area contributed by atoms with Gasteiger partial charge in [-0.15, -0.1) is 0 Å². The van der Waals surface area contributed by atoms with Crippen molar-refractivity contribution in [3.8, 4) is 23.4 Å². The molecule has 0 aliphatic heterocycles. The molecule has 0 unspecified atom stereocenters. The molecule has 1 aliphatic rings. The summed E-state index contributed by atoms with van der Waals surface area (Å²) in [5, 5.41) is 8.97. The van der Waals surface area contributed by atoms with Gasteiger partial charge in [0.2, 0.25) is 5.69 Å². The Kier molecular flexibility index (Phi) is 4.50. The molecule has 1 aromatic heterocycles. The lowest BCUT2D eigenvalue weighted by Crippen LogP contribution is -2.19. The molecule has 1 aliphatic carbocycles. The first-order valence-electron chi connectivity index (χ1n) is 7.51. The minimum atomic E-state index is 0.171. The highest BCUT2D eigenvalue weighted by atomic mass is 16.5. The standard InChI is InChI=1S/C17H17N3O2/c18-12-16-17(20-11-10-19-16)22-15-8-6-14(7-9-15)21-13-4-2-1-3-5-13/h6-11,13H,1-5H2. The van der Waals surface area contributed by atoms with Crippen LogP contribution in [-0.2, 0) is 0 Å². The van der Waals surface area contributed by atoms with Gasteiger partial charge in [0.25, 0.3) is 5.88 Å². The Morgan fingerprint density at radius 3 is 2.36 bits per heavy atom. The zero-order chi connectivity index (χ0) is 15.2. The van der Waals surface area contributed by atoms with Crippen LogP contribution in [0.25, 0.3) is 0 Å². The number of nitriles is 1. The fourth-order valence-electron chi connectivity index (χ4n) is 2.55. The first kappa shape index (κ1) is 14.3. The summed E-state index contributed by atoms with van der Waals surface area (Å²) in [6.45, 7) is 0. The summed E-state index contributed by atoms with van der Waals surface area (Å²) in [4.78, 5) is 7.94. The molecule has 0 N–H and O–H groups in total. The van der Waals surface area contributed by atoms with Gasteiger partial charge in [0.15, 0.2) is 0 Å². The molecule has 1 saturated carbocycles. The Balaban J connectivity index is 1.65. The topological polar surface area (TPSA) is 68.0 Å². The molecule has 5 nitrogen and oxygen atoms in total. The van der Waals surface area contributed by atoms with E-state index in [9.17, 15) is 0 Å². The zero-order valence-electron chi connectivity index (χ0n) is 12.2. The lowest BCUT2D eigenvalue weighted by Gasteiger charge is -2.23. The van der Waals surface area contributed by atoms with E-state index in [2.05, 4.69) is 9.97 Å². The molecule has 2 aromatic rings. The van der Waals surface area contributed by atoms with Gasteiger partial charge in [-0.25, -0.2) is 9.97 Å². The Bertz CT molecular complexity index is 658. The van der Waals surface area contributed by atoms with Gasteiger partial charge in [-0.05, 0) is 49.9 Å². The molecular weight excluding hydrogens is 278 g/mol. The van der Waals surface area contributed by atoms with E-state index in [1.54, 1.807) is 0 Å². The van der Waals surface area contributed by atoms with E-state index in [0.29, 0.717) is 11.9 Å². The van der Waals surface area contributed by atoms with Crippen LogP contribution >= 0.6 is 0 Å². The fourth-order valence-corrected chi connectivity index (χ4v) is 2.55. The van der Waals surface area contributed by atoms with E-state index in [1.807, 2.05) is 30.3 Å². The quantitative estimate of drug-likeness (QED) is 0.857. The molecule has 1 fully saturated rings. The maximum atomic E-state index is 8.97. The lowest BCUT2D eigenvalue weighted by atomic mass is 9.98. The van der Waals surface area contributed by atoms with Crippen molar-refractivity contribution in [2.45, 2.75) is 38.2 Å². The SMILES string of the molecule is N#Cc1nccnc1Oc1ccc(OC2CCCCC2)cc1. The van der Waals surface area contributed by atoms with E-state index < -0.39 is 0 Å². The first-order chi connectivity index (χ1) is 10.8. The molecule has 0 atom stereocenters. The normalized spacial score (nSPS) is 15.0. The van der Waals surface area contributed by atoms with Gasteiger partial charge in [-0.2, -0.15) is 5.26 Å². The maximum absolute atomic E-state index is 8.97. The summed E-state index contributed by atoms with van der Waals surface area (Å²) >= 11 is 0. The molecule has 22 heavy (non-hydrogen) atoms. The Hall–Kier alpha value is -2.61.